The maximum absolute atomic E-state index is 11.1. The Morgan fingerprint density at radius 3 is 2.90 bits per heavy atom. The molecule has 0 aliphatic carbocycles. The second kappa shape index (κ2) is 5.73. The molecule has 0 saturated carbocycles. The van der Waals surface area contributed by atoms with Crippen LogP contribution >= 0.6 is 0 Å². The van der Waals surface area contributed by atoms with Gasteiger partial charge in [-0.25, -0.2) is 0 Å². The van der Waals surface area contributed by atoms with Crippen molar-refractivity contribution in [3.8, 4) is 0 Å². The zero-order valence-electron chi connectivity index (χ0n) is 12.1. The van der Waals surface area contributed by atoms with Crippen LogP contribution in [0.25, 0.3) is 0 Å². The summed E-state index contributed by atoms with van der Waals surface area (Å²) in [6.45, 7) is 4.71. The first kappa shape index (κ1) is 13.3. The number of hydrogen-bond acceptors (Lipinski definition) is 3. The van der Waals surface area contributed by atoms with Crippen LogP contribution in [0.1, 0.15) is 31.7 Å². The van der Waals surface area contributed by atoms with E-state index in [4.69, 9.17) is 0 Å². The van der Waals surface area contributed by atoms with Gasteiger partial charge in [-0.2, -0.15) is 0 Å². The van der Waals surface area contributed by atoms with Crippen LogP contribution in [0.4, 0.5) is 11.4 Å². The molecule has 4 nitrogen and oxygen atoms in total. The van der Waals surface area contributed by atoms with Crippen molar-refractivity contribution in [3.05, 3.63) is 23.8 Å². The Labute approximate surface area is 120 Å². The summed E-state index contributed by atoms with van der Waals surface area (Å²) in [5.41, 5.74) is 4.11. The maximum atomic E-state index is 11.1. The van der Waals surface area contributed by atoms with E-state index in [1.165, 1.54) is 29.8 Å². The highest BCUT2D eigenvalue weighted by molar-refractivity contribution is 5.75. The smallest absolute Gasteiger partial charge is 0.217 e. The molecule has 108 valence electrons. The summed E-state index contributed by atoms with van der Waals surface area (Å²) in [4.78, 5) is 13.6. The maximum Gasteiger partial charge on any atom is 0.217 e. The minimum Gasteiger partial charge on any atom is -0.383 e. The zero-order valence-corrected chi connectivity index (χ0v) is 12.1. The van der Waals surface area contributed by atoms with Crippen LogP contribution in [-0.2, 0) is 11.2 Å². The number of nitrogens with one attached hydrogen (secondary N) is 2. The van der Waals surface area contributed by atoms with Crippen molar-refractivity contribution in [2.24, 2.45) is 0 Å². The Kier molecular flexibility index (Phi) is 3.81. The number of amides is 1. The van der Waals surface area contributed by atoms with Crippen molar-refractivity contribution in [1.29, 1.82) is 0 Å². The van der Waals surface area contributed by atoms with E-state index in [2.05, 4.69) is 33.7 Å². The SMILES string of the molecule is CC(=O)NC1CCN(c2cccc3c2NCCC3)CC1. The van der Waals surface area contributed by atoms with Gasteiger partial charge in [0.15, 0.2) is 0 Å². The number of carbonyl (C=O) groups excluding carboxylic acids is 1. The van der Waals surface area contributed by atoms with Crippen LogP contribution in [-0.4, -0.2) is 31.6 Å². The van der Waals surface area contributed by atoms with E-state index in [9.17, 15) is 4.79 Å². The summed E-state index contributed by atoms with van der Waals surface area (Å²) in [6, 6.07) is 6.96. The predicted molar refractivity (Wildman–Crippen MR) is 82.3 cm³/mol. The number of para-hydroxylation sites is 1. The number of benzene rings is 1. The Hall–Kier alpha value is -1.71. The van der Waals surface area contributed by atoms with Crippen LogP contribution in [0.3, 0.4) is 0 Å². The van der Waals surface area contributed by atoms with Gasteiger partial charge in [0.25, 0.3) is 0 Å². The van der Waals surface area contributed by atoms with Crippen LogP contribution in [0.5, 0.6) is 0 Å². The average Bonchev–Trinajstić information content (AvgIpc) is 2.47. The molecule has 2 aliphatic heterocycles. The number of anilines is 2. The summed E-state index contributed by atoms with van der Waals surface area (Å²) < 4.78 is 0. The molecular formula is C16H23N3O. The zero-order chi connectivity index (χ0) is 13.9. The van der Waals surface area contributed by atoms with E-state index in [1.807, 2.05) is 0 Å². The highest BCUT2D eigenvalue weighted by Crippen LogP contribution is 2.34. The molecule has 1 aromatic rings. The van der Waals surface area contributed by atoms with Gasteiger partial charge in [-0.05, 0) is 37.3 Å². The molecule has 0 atom stereocenters. The number of fused-ring (bicyclic) bond motifs is 1. The standard InChI is InChI=1S/C16H23N3O/c1-12(20)18-14-7-10-19(11-8-14)15-6-2-4-13-5-3-9-17-16(13)15/h2,4,6,14,17H,3,5,7-11H2,1H3,(H,18,20). The molecule has 4 heteroatoms. The van der Waals surface area contributed by atoms with Crippen molar-refractivity contribution in [2.45, 2.75) is 38.6 Å². The second-order valence-corrected chi connectivity index (χ2v) is 5.80. The van der Waals surface area contributed by atoms with Gasteiger partial charge in [-0.3, -0.25) is 4.79 Å². The third-order valence-electron chi connectivity index (χ3n) is 4.30. The van der Waals surface area contributed by atoms with E-state index in [1.54, 1.807) is 6.92 Å². The first-order valence-electron chi connectivity index (χ1n) is 7.62. The number of piperidine rings is 1. The van der Waals surface area contributed by atoms with E-state index >= 15 is 0 Å². The van der Waals surface area contributed by atoms with E-state index < -0.39 is 0 Å². The second-order valence-electron chi connectivity index (χ2n) is 5.80. The van der Waals surface area contributed by atoms with Crippen molar-refractivity contribution >= 4 is 17.3 Å². The molecule has 0 unspecified atom stereocenters. The highest BCUT2D eigenvalue weighted by Gasteiger charge is 2.23. The Balaban J connectivity index is 1.71. The number of rotatable bonds is 2. The minimum atomic E-state index is 0.0854. The topological polar surface area (TPSA) is 44.4 Å². The van der Waals surface area contributed by atoms with Gasteiger partial charge in [0.1, 0.15) is 0 Å². The molecule has 1 aromatic carbocycles. The van der Waals surface area contributed by atoms with Gasteiger partial charge < -0.3 is 15.5 Å². The lowest BCUT2D eigenvalue weighted by molar-refractivity contribution is -0.119. The Morgan fingerprint density at radius 1 is 1.35 bits per heavy atom. The molecule has 1 saturated heterocycles. The predicted octanol–water partition coefficient (Wildman–Crippen LogP) is 2.15. The lowest BCUT2D eigenvalue weighted by Gasteiger charge is -2.36. The molecule has 1 amide bonds. The molecule has 2 aliphatic rings. The van der Waals surface area contributed by atoms with Gasteiger partial charge >= 0.3 is 0 Å². The van der Waals surface area contributed by atoms with Gasteiger partial charge in [-0.1, -0.05) is 12.1 Å². The van der Waals surface area contributed by atoms with Crippen molar-refractivity contribution in [2.75, 3.05) is 29.9 Å². The number of nitrogens with zero attached hydrogens (tertiary/aromatic N) is 1. The first-order chi connectivity index (χ1) is 9.74. The van der Waals surface area contributed by atoms with E-state index in [-0.39, 0.29) is 5.91 Å². The molecule has 1 fully saturated rings. The Bertz CT molecular complexity index is 492. The van der Waals surface area contributed by atoms with Gasteiger partial charge in [0, 0.05) is 32.6 Å². The molecule has 2 N–H and O–H groups in total. The quantitative estimate of drug-likeness (QED) is 0.868. The molecule has 0 aromatic heterocycles. The number of carbonyl (C=O) groups is 1. The molecule has 0 radical (unpaired) electrons. The van der Waals surface area contributed by atoms with Crippen molar-refractivity contribution in [1.82, 2.24) is 5.32 Å². The average molecular weight is 273 g/mol. The first-order valence-corrected chi connectivity index (χ1v) is 7.62. The van der Waals surface area contributed by atoms with Crippen LogP contribution in [0.2, 0.25) is 0 Å². The third kappa shape index (κ3) is 2.74. The summed E-state index contributed by atoms with van der Waals surface area (Å²) in [5.74, 6) is 0.0854. The summed E-state index contributed by atoms with van der Waals surface area (Å²) >= 11 is 0. The highest BCUT2D eigenvalue weighted by atomic mass is 16.1. The van der Waals surface area contributed by atoms with Crippen LogP contribution in [0.15, 0.2) is 18.2 Å². The number of aryl methyl sites for hydroxylation is 1. The summed E-state index contributed by atoms with van der Waals surface area (Å²) in [6.07, 6.45) is 4.46. The molecule has 3 rings (SSSR count). The van der Waals surface area contributed by atoms with Gasteiger partial charge in [0.2, 0.25) is 5.91 Å². The van der Waals surface area contributed by atoms with Crippen molar-refractivity contribution in [3.63, 3.8) is 0 Å². The van der Waals surface area contributed by atoms with E-state index in [0.29, 0.717) is 6.04 Å². The molecule has 20 heavy (non-hydrogen) atoms. The van der Waals surface area contributed by atoms with Gasteiger partial charge in [0.05, 0.1) is 11.4 Å². The molecule has 0 bridgehead atoms. The molecular weight excluding hydrogens is 250 g/mol. The fourth-order valence-electron chi connectivity index (χ4n) is 3.31. The van der Waals surface area contributed by atoms with Crippen LogP contribution in [0, 0.1) is 0 Å². The fourth-order valence-corrected chi connectivity index (χ4v) is 3.31. The lowest BCUT2D eigenvalue weighted by atomic mass is 9.99. The summed E-state index contributed by atoms with van der Waals surface area (Å²) in [5, 5.41) is 6.60. The van der Waals surface area contributed by atoms with Crippen molar-refractivity contribution < 1.29 is 4.79 Å². The normalized spacial score (nSPS) is 19.1. The van der Waals surface area contributed by atoms with E-state index in [0.717, 1.165) is 32.5 Å². The third-order valence-corrected chi connectivity index (χ3v) is 4.30. The lowest BCUT2D eigenvalue weighted by Crippen LogP contribution is -2.44. The minimum absolute atomic E-state index is 0.0854. The largest absolute Gasteiger partial charge is 0.383 e. The monoisotopic (exact) mass is 273 g/mol. The van der Waals surface area contributed by atoms with Gasteiger partial charge in [-0.15, -0.1) is 0 Å². The fraction of sp³-hybridized carbons (Fsp3) is 0.562. The molecule has 0 spiro atoms. The number of hydrogen-bond donors (Lipinski definition) is 2. The van der Waals surface area contributed by atoms with Crippen LogP contribution < -0.4 is 15.5 Å². The molecule has 2 heterocycles. The Morgan fingerprint density at radius 2 is 2.15 bits per heavy atom. The summed E-state index contributed by atoms with van der Waals surface area (Å²) in [7, 11) is 0.